The summed E-state index contributed by atoms with van der Waals surface area (Å²) in [6.45, 7) is 1.89. The highest BCUT2D eigenvalue weighted by molar-refractivity contribution is 6.05. The Bertz CT molecular complexity index is 723. The van der Waals surface area contributed by atoms with Crippen molar-refractivity contribution in [3.63, 3.8) is 0 Å². The van der Waals surface area contributed by atoms with E-state index < -0.39 is 17.8 Å². The van der Waals surface area contributed by atoms with Gasteiger partial charge in [0.05, 0.1) is 11.5 Å². The zero-order chi connectivity index (χ0) is 16.1. The van der Waals surface area contributed by atoms with Gasteiger partial charge < -0.3 is 9.90 Å². The van der Waals surface area contributed by atoms with Crippen molar-refractivity contribution >= 4 is 17.8 Å². The van der Waals surface area contributed by atoms with Gasteiger partial charge in [-0.15, -0.1) is 0 Å². The number of hydrogen-bond acceptors (Lipinski definition) is 4. The minimum Gasteiger partial charge on any atom is -0.545 e. The molecule has 0 aromatic heterocycles. The lowest BCUT2D eigenvalue weighted by molar-refractivity contribution is -0.255. The van der Waals surface area contributed by atoms with Gasteiger partial charge in [0.15, 0.2) is 0 Å². The van der Waals surface area contributed by atoms with Gasteiger partial charge in [-0.05, 0) is 25.1 Å². The van der Waals surface area contributed by atoms with Crippen LogP contribution in [0.25, 0.3) is 0 Å². The van der Waals surface area contributed by atoms with Gasteiger partial charge in [0.2, 0.25) is 0 Å². The molecule has 0 unspecified atom stereocenters. The van der Waals surface area contributed by atoms with Gasteiger partial charge in [-0.25, -0.2) is 0 Å². The summed E-state index contributed by atoms with van der Waals surface area (Å²) in [5, 5.41) is 10.9. The van der Waals surface area contributed by atoms with Gasteiger partial charge in [-0.1, -0.05) is 35.9 Å². The molecule has 0 saturated carbocycles. The number of rotatable bonds is 3. The van der Waals surface area contributed by atoms with Crippen LogP contribution in [0.3, 0.4) is 0 Å². The molecule has 0 aliphatic rings. The molecule has 6 nitrogen and oxygen atoms in total. The molecule has 2 aromatic rings. The molecule has 2 aromatic carbocycles. The van der Waals surface area contributed by atoms with Crippen molar-refractivity contribution in [2.75, 3.05) is 0 Å². The SMILES string of the molecule is Cc1ccc(C(=O)NNC(=O)c2ccccc2C(=O)[O-])cc1. The van der Waals surface area contributed by atoms with Crippen LogP contribution in [0.15, 0.2) is 48.5 Å². The topological polar surface area (TPSA) is 98.3 Å². The first kappa shape index (κ1) is 15.2. The van der Waals surface area contributed by atoms with E-state index in [2.05, 4.69) is 10.9 Å². The molecule has 0 aliphatic heterocycles. The first-order valence-electron chi connectivity index (χ1n) is 6.47. The second-order valence-electron chi connectivity index (χ2n) is 4.61. The molecule has 0 spiro atoms. The van der Waals surface area contributed by atoms with Crippen LogP contribution in [0.4, 0.5) is 0 Å². The summed E-state index contributed by atoms with van der Waals surface area (Å²) in [7, 11) is 0. The van der Waals surface area contributed by atoms with Crippen LogP contribution < -0.4 is 16.0 Å². The van der Waals surface area contributed by atoms with Crippen LogP contribution in [-0.2, 0) is 0 Å². The van der Waals surface area contributed by atoms with E-state index in [9.17, 15) is 19.5 Å². The maximum atomic E-state index is 11.9. The van der Waals surface area contributed by atoms with Crippen molar-refractivity contribution in [2.24, 2.45) is 0 Å². The summed E-state index contributed by atoms with van der Waals surface area (Å²) in [5.41, 5.74) is 5.45. The van der Waals surface area contributed by atoms with Crippen molar-refractivity contribution in [3.8, 4) is 0 Å². The number of hydrogen-bond donors (Lipinski definition) is 2. The van der Waals surface area contributed by atoms with Crippen molar-refractivity contribution in [2.45, 2.75) is 6.92 Å². The van der Waals surface area contributed by atoms with E-state index in [0.29, 0.717) is 5.56 Å². The van der Waals surface area contributed by atoms with E-state index in [1.807, 2.05) is 6.92 Å². The smallest absolute Gasteiger partial charge is 0.270 e. The summed E-state index contributed by atoms with van der Waals surface area (Å²) >= 11 is 0. The number of carboxylic acid groups (broad SMARTS) is 1. The normalized spacial score (nSPS) is 9.86. The van der Waals surface area contributed by atoms with Gasteiger partial charge in [0, 0.05) is 11.1 Å². The third-order valence-corrected chi connectivity index (χ3v) is 2.99. The van der Waals surface area contributed by atoms with Crippen LogP contribution in [-0.4, -0.2) is 17.8 Å². The zero-order valence-electron chi connectivity index (χ0n) is 11.8. The number of carbonyl (C=O) groups is 3. The number of benzene rings is 2. The molecular formula is C16H13N2O4-. The lowest BCUT2D eigenvalue weighted by atomic mass is 10.1. The Morgan fingerprint density at radius 3 is 1.95 bits per heavy atom. The maximum absolute atomic E-state index is 11.9. The third kappa shape index (κ3) is 3.49. The molecule has 2 rings (SSSR count). The molecule has 0 saturated heterocycles. The standard InChI is InChI=1S/C16H14N2O4/c1-10-6-8-11(9-7-10)14(19)17-18-15(20)12-4-2-3-5-13(12)16(21)22/h2-9H,1H3,(H,17,19)(H,18,20)(H,21,22)/p-1. The predicted octanol–water partition coefficient (Wildman–Crippen LogP) is 0.433. The molecule has 0 radical (unpaired) electrons. The van der Waals surface area contributed by atoms with Crippen molar-refractivity contribution in [3.05, 3.63) is 70.8 Å². The Morgan fingerprint density at radius 1 is 0.818 bits per heavy atom. The van der Waals surface area contributed by atoms with Gasteiger partial charge >= 0.3 is 0 Å². The molecule has 22 heavy (non-hydrogen) atoms. The van der Waals surface area contributed by atoms with Crippen LogP contribution in [0.1, 0.15) is 36.6 Å². The minimum absolute atomic E-state index is 0.0910. The summed E-state index contributed by atoms with van der Waals surface area (Å²) in [5.74, 6) is -2.70. The zero-order valence-corrected chi connectivity index (χ0v) is 11.8. The van der Waals surface area contributed by atoms with E-state index in [-0.39, 0.29) is 11.1 Å². The average molecular weight is 297 g/mol. The van der Waals surface area contributed by atoms with Crippen LogP contribution in [0.2, 0.25) is 0 Å². The Morgan fingerprint density at radius 2 is 1.36 bits per heavy atom. The van der Waals surface area contributed by atoms with Crippen molar-refractivity contribution < 1.29 is 19.5 Å². The predicted molar refractivity (Wildman–Crippen MR) is 76.9 cm³/mol. The molecule has 0 atom stereocenters. The fourth-order valence-corrected chi connectivity index (χ4v) is 1.82. The fraction of sp³-hybridized carbons (Fsp3) is 0.0625. The van der Waals surface area contributed by atoms with Crippen molar-refractivity contribution in [1.82, 2.24) is 10.9 Å². The van der Waals surface area contributed by atoms with E-state index in [0.717, 1.165) is 5.56 Å². The Balaban J connectivity index is 2.06. The largest absolute Gasteiger partial charge is 0.545 e. The van der Waals surface area contributed by atoms with E-state index in [4.69, 9.17) is 0 Å². The van der Waals surface area contributed by atoms with Gasteiger partial charge in [0.1, 0.15) is 0 Å². The third-order valence-electron chi connectivity index (χ3n) is 2.99. The van der Waals surface area contributed by atoms with E-state index in [1.54, 1.807) is 24.3 Å². The number of aromatic carboxylic acids is 1. The molecule has 0 heterocycles. The molecule has 0 fully saturated rings. The number of aryl methyl sites for hydroxylation is 1. The van der Waals surface area contributed by atoms with Crippen LogP contribution >= 0.6 is 0 Å². The highest BCUT2D eigenvalue weighted by atomic mass is 16.4. The summed E-state index contributed by atoms with van der Waals surface area (Å²) in [6.07, 6.45) is 0. The monoisotopic (exact) mass is 297 g/mol. The Kier molecular flexibility index (Phi) is 4.53. The second-order valence-corrected chi connectivity index (χ2v) is 4.61. The lowest BCUT2D eigenvalue weighted by Gasteiger charge is -2.11. The molecule has 2 amide bonds. The number of amides is 2. The second kappa shape index (κ2) is 6.53. The first-order valence-corrected chi connectivity index (χ1v) is 6.47. The number of nitrogens with one attached hydrogen (secondary N) is 2. The fourth-order valence-electron chi connectivity index (χ4n) is 1.82. The minimum atomic E-state index is -1.46. The first-order chi connectivity index (χ1) is 10.5. The van der Waals surface area contributed by atoms with Crippen LogP contribution in [0.5, 0.6) is 0 Å². The number of carboxylic acids is 1. The van der Waals surface area contributed by atoms with Gasteiger partial charge in [0.25, 0.3) is 11.8 Å². The summed E-state index contributed by atoms with van der Waals surface area (Å²) in [4.78, 5) is 34.7. The number of hydrazine groups is 1. The average Bonchev–Trinajstić information content (AvgIpc) is 2.53. The molecule has 0 aliphatic carbocycles. The van der Waals surface area contributed by atoms with Gasteiger partial charge in [-0.3, -0.25) is 20.4 Å². The lowest BCUT2D eigenvalue weighted by Crippen LogP contribution is -2.42. The molecular weight excluding hydrogens is 284 g/mol. The van der Waals surface area contributed by atoms with E-state index >= 15 is 0 Å². The highest BCUT2D eigenvalue weighted by Gasteiger charge is 2.12. The molecule has 2 N–H and O–H groups in total. The Hall–Kier alpha value is -3.15. The summed E-state index contributed by atoms with van der Waals surface area (Å²) in [6, 6.07) is 12.3. The quantitative estimate of drug-likeness (QED) is 0.803. The maximum Gasteiger partial charge on any atom is 0.270 e. The number of carbonyl (C=O) groups excluding carboxylic acids is 3. The summed E-state index contributed by atoms with van der Waals surface area (Å²) < 4.78 is 0. The van der Waals surface area contributed by atoms with Crippen molar-refractivity contribution in [1.29, 1.82) is 0 Å². The highest BCUT2D eigenvalue weighted by Crippen LogP contribution is 2.07. The molecule has 112 valence electrons. The Labute approximate surface area is 126 Å². The van der Waals surface area contributed by atoms with Crippen LogP contribution in [0, 0.1) is 6.92 Å². The van der Waals surface area contributed by atoms with Gasteiger partial charge in [-0.2, -0.15) is 0 Å². The molecule has 0 bridgehead atoms. The molecule has 6 heteroatoms. The van der Waals surface area contributed by atoms with E-state index in [1.165, 1.54) is 24.3 Å².